The minimum atomic E-state index is -0.0380. The third kappa shape index (κ3) is 1.11. The molecule has 16 heavy (non-hydrogen) atoms. The van der Waals surface area contributed by atoms with Crippen molar-refractivity contribution in [3.63, 3.8) is 0 Å². The third-order valence-corrected chi connectivity index (χ3v) is 4.56. The second kappa shape index (κ2) is 3.23. The summed E-state index contributed by atoms with van der Waals surface area (Å²) in [5.74, 6) is -0.0760. The van der Waals surface area contributed by atoms with Gasteiger partial charge in [-0.3, -0.25) is 9.59 Å². The first-order chi connectivity index (χ1) is 7.72. The molecule has 4 heteroatoms. The first kappa shape index (κ1) is 9.69. The van der Waals surface area contributed by atoms with Crippen LogP contribution in [0.3, 0.4) is 0 Å². The molecule has 0 aromatic carbocycles. The Bertz CT molecular complexity index is 583. The summed E-state index contributed by atoms with van der Waals surface area (Å²) < 4.78 is 0. The number of hydrogen-bond acceptors (Lipinski definition) is 4. The maximum Gasteiger partial charge on any atom is 0.205 e. The highest BCUT2D eigenvalue weighted by Crippen LogP contribution is 2.35. The van der Waals surface area contributed by atoms with Crippen molar-refractivity contribution in [3.8, 4) is 0 Å². The number of ketones is 2. The van der Waals surface area contributed by atoms with Crippen molar-refractivity contribution >= 4 is 40.3 Å². The average molecular weight is 246 g/mol. The normalized spacial score (nSPS) is 13.5. The van der Waals surface area contributed by atoms with Gasteiger partial charge < -0.3 is 0 Å². The molecule has 0 bridgehead atoms. The van der Waals surface area contributed by atoms with Crippen LogP contribution in [0.4, 0.5) is 0 Å². The average Bonchev–Trinajstić information content (AvgIpc) is 2.92. The molecule has 2 aromatic rings. The van der Waals surface area contributed by atoms with E-state index in [0.29, 0.717) is 20.9 Å². The Morgan fingerprint density at radius 1 is 1.12 bits per heavy atom. The number of fused-ring (bicyclic) bond motifs is 2. The fourth-order valence-electron chi connectivity index (χ4n) is 1.76. The zero-order valence-corrected chi connectivity index (χ0v) is 9.78. The molecule has 0 saturated carbocycles. The molecule has 2 heterocycles. The Labute approximate surface area is 99.9 Å². The van der Waals surface area contributed by atoms with Crippen molar-refractivity contribution in [1.29, 1.82) is 0 Å². The van der Waals surface area contributed by atoms with Crippen LogP contribution in [-0.2, 0) is 0 Å². The number of thiophene rings is 2. The Kier molecular flexibility index (Phi) is 1.96. The van der Waals surface area contributed by atoms with Crippen molar-refractivity contribution in [1.82, 2.24) is 0 Å². The van der Waals surface area contributed by atoms with Gasteiger partial charge in [-0.25, -0.2) is 0 Å². The maximum atomic E-state index is 12.1. The van der Waals surface area contributed by atoms with Crippen molar-refractivity contribution in [2.75, 3.05) is 0 Å². The molecule has 0 atom stereocenters. The van der Waals surface area contributed by atoms with E-state index >= 15 is 0 Å². The van der Waals surface area contributed by atoms with Crippen molar-refractivity contribution in [3.05, 3.63) is 49.9 Å². The molecular formula is C12H6O2S2. The predicted molar refractivity (Wildman–Crippen MR) is 65.6 cm³/mol. The van der Waals surface area contributed by atoms with Gasteiger partial charge in [-0.2, -0.15) is 0 Å². The van der Waals surface area contributed by atoms with E-state index in [2.05, 4.69) is 6.58 Å². The van der Waals surface area contributed by atoms with Crippen molar-refractivity contribution in [2.45, 2.75) is 0 Å². The topological polar surface area (TPSA) is 34.1 Å². The van der Waals surface area contributed by atoms with E-state index in [-0.39, 0.29) is 11.6 Å². The Hall–Kier alpha value is -1.52. The van der Waals surface area contributed by atoms with E-state index < -0.39 is 0 Å². The van der Waals surface area contributed by atoms with Gasteiger partial charge in [0, 0.05) is 16.0 Å². The Morgan fingerprint density at radius 3 is 2.62 bits per heavy atom. The molecule has 78 valence electrons. The summed E-state index contributed by atoms with van der Waals surface area (Å²) in [4.78, 5) is 26.1. The number of carbonyl (C=O) groups excluding carboxylic acids is 2. The number of rotatable bonds is 1. The Morgan fingerprint density at radius 2 is 1.88 bits per heavy atom. The fraction of sp³-hybridized carbons (Fsp3) is 0. The van der Waals surface area contributed by atoms with Gasteiger partial charge in [0.1, 0.15) is 0 Å². The zero-order valence-electron chi connectivity index (χ0n) is 8.15. The lowest BCUT2D eigenvalue weighted by Crippen LogP contribution is -2.15. The summed E-state index contributed by atoms with van der Waals surface area (Å²) in [6.45, 7) is 3.65. The molecule has 2 nitrogen and oxygen atoms in total. The van der Waals surface area contributed by atoms with E-state index in [1.54, 1.807) is 23.6 Å². The van der Waals surface area contributed by atoms with Crippen LogP contribution in [0.25, 0.3) is 6.08 Å². The van der Waals surface area contributed by atoms with Gasteiger partial charge in [0.05, 0.1) is 9.75 Å². The fourth-order valence-corrected chi connectivity index (χ4v) is 3.56. The van der Waals surface area contributed by atoms with Gasteiger partial charge in [0.15, 0.2) is 0 Å². The van der Waals surface area contributed by atoms with Gasteiger partial charge in [0.25, 0.3) is 0 Å². The summed E-state index contributed by atoms with van der Waals surface area (Å²) in [5, 5.41) is 1.78. The third-order valence-electron chi connectivity index (χ3n) is 2.52. The van der Waals surface area contributed by atoms with Crippen LogP contribution in [0.2, 0.25) is 0 Å². The Balaban J connectivity index is 2.30. The van der Waals surface area contributed by atoms with Crippen LogP contribution in [0.15, 0.2) is 24.1 Å². The lowest BCUT2D eigenvalue weighted by Gasteiger charge is -2.08. The van der Waals surface area contributed by atoms with Crippen molar-refractivity contribution < 1.29 is 9.59 Å². The van der Waals surface area contributed by atoms with E-state index in [0.717, 1.165) is 4.88 Å². The summed E-state index contributed by atoms with van der Waals surface area (Å²) in [6.07, 6.45) is 1.66. The second-order valence-electron chi connectivity index (χ2n) is 3.42. The van der Waals surface area contributed by atoms with Gasteiger partial charge in [-0.1, -0.05) is 12.7 Å². The lowest BCUT2D eigenvalue weighted by molar-refractivity contribution is 0.0986. The SMILES string of the molecule is C=Cc1cc2c(s1)C(=O)c1ccsc1C2=O. The molecule has 0 saturated heterocycles. The van der Waals surface area contributed by atoms with Gasteiger partial charge in [-0.05, 0) is 17.5 Å². The minimum Gasteiger partial charge on any atom is -0.288 e. The number of hydrogen-bond donors (Lipinski definition) is 0. The van der Waals surface area contributed by atoms with Crippen LogP contribution in [0.5, 0.6) is 0 Å². The molecule has 1 aliphatic rings. The minimum absolute atomic E-state index is 0.0380. The molecule has 2 aromatic heterocycles. The van der Waals surface area contributed by atoms with Crippen LogP contribution in [-0.4, -0.2) is 11.6 Å². The first-order valence-corrected chi connectivity index (χ1v) is 6.35. The highest BCUT2D eigenvalue weighted by atomic mass is 32.1. The van der Waals surface area contributed by atoms with E-state index in [1.165, 1.54) is 22.7 Å². The quantitative estimate of drug-likeness (QED) is 0.660. The first-order valence-electron chi connectivity index (χ1n) is 4.65. The van der Waals surface area contributed by atoms with E-state index in [4.69, 9.17) is 0 Å². The molecule has 0 spiro atoms. The van der Waals surface area contributed by atoms with Gasteiger partial charge in [-0.15, -0.1) is 22.7 Å². The summed E-state index contributed by atoms with van der Waals surface area (Å²) in [7, 11) is 0. The standard InChI is InChI=1S/C12H6O2S2/c1-2-6-5-8-10(14)11-7(3-4-15-11)9(13)12(8)16-6/h2-5H,1H2. The van der Waals surface area contributed by atoms with Gasteiger partial charge in [0.2, 0.25) is 11.6 Å². The molecule has 0 N–H and O–H groups in total. The maximum absolute atomic E-state index is 12.1. The monoisotopic (exact) mass is 246 g/mol. The molecular weight excluding hydrogens is 240 g/mol. The van der Waals surface area contributed by atoms with E-state index in [9.17, 15) is 9.59 Å². The van der Waals surface area contributed by atoms with E-state index in [1.807, 2.05) is 0 Å². The number of carbonyl (C=O) groups is 2. The van der Waals surface area contributed by atoms with Crippen LogP contribution >= 0.6 is 22.7 Å². The van der Waals surface area contributed by atoms with Crippen LogP contribution in [0, 0.1) is 0 Å². The molecule has 0 aliphatic heterocycles. The predicted octanol–water partition coefficient (Wildman–Crippen LogP) is 3.23. The summed E-state index contributed by atoms with van der Waals surface area (Å²) >= 11 is 2.66. The molecule has 0 radical (unpaired) electrons. The second-order valence-corrected chi connectivity index (χ2v) is 5.42. The van der Waals surface area contributed by atoms with Crippen molar-refractivity contribution in [2.24, 2.45) is 0 Å². The van der Waals surface area contributed by atoms with Crippen LogP contribution in [0.1, 0.15) is 35.3 Å². The molecule has 0 amide bonds. The smallest absolute Gasteiger partial charge is 0.205 e. The largest absolute Gasteiger partial charge is 0.288 e. The van der Waals surface area contributed by atoms with Gasteiger partial charge >= 0.3 is 0 Å². The zero-order chi connectivity index (χ0) is 11.3. The van der Waals surface area contributed by atoms with Crippen LogP contribution < -0.4 is 0 Å². The summed E-state index contributed by atoms with van der Waals surface area (Å²) in [5.41, 5.74) is 1.07. The highest BCUT2D eigenvalue weighted by Gasteiger charge is 2.32. The summed E-state index contributed by atoms with van der Waals surface area (Å²) in [6, 6.07) is 3.46. The molecule has 0 unspecified atom stereocenters. The molecule has 1 aliphatic carbocycles. The molecule has 3 rings (SSSR count). The highest BCUT2D eigenvalue weighted by molar-refractivity contribution is 7.17. The molecule has 0 fully saturated rings. The lowest BCUT2D eigenvalue weighted by atomic mass is 9.96.